The van der Waals surface area contributed by atoms with Crippen LogP contribution in [0.5, 0.6) is 5.75 Å². The van der Waals surface area contributed by atoms with Gasteiger partial charge >= 0.3 is 0 Å². The SMILES string of the molecule is C[C]CC(=O)Nc1ccc(OC)cc1. The van der Waals surface area contributed by atoms with E-state index in [1.807, 2.05) is 0 Å². The first-order chi connectivity index (χ1) is 6.76. The average molecular weight is 191 g/mol. The van der Waals surface area contributed by atoms with E-state index in [1.165, 1.54) is 0 Å². The Kier molecular flexibility index (Phi) is 3.98. The number of nitrogens with one attached hydrogen (secondary N) is 1. The van der Waals surface area contributed by atoms with E-state index in [1.54, 1.807) is 38.3 Å². The van der Waals surface area contributed by atoms with Crippen LogP contribution in [0.4, 0.5) is 5.69 Å². The number of benzene rings is 1. The van der Waals surface area contributed by atoms with E-state index in [2.05, 4.69) is 11.7 Å². The maximum atomic E-state index is 11.2. The predicted octanol–water partition coefficient (Wildman–Crippen LogP) is 2.12. The van der Waals surface area contributed by atoms with Crippen LogP contribution in [0.1, 0.15) is 13.3 Å². The van der Waals surface area contributed by atoms with Gasteiger partial charge in [-0.05, 0) is 30.7 Å². The first-order valence-corrected chi connectivity index (χ1v) is 4.34. The molecular weight excluding hydrogens is 178 g/mol. The van der Waals surface area contributed by atoms with Gasteiger partial charge < -0.3 is 10.1 Å². The van der Waals surface area contributed by atoms with Crippen LogP contribution in [-0.2, 0) is 4.79 Å². The molecule has 0 heterocycles. The summed E-state index contributed by atoms with van der Waals surface area (Å²) in [5.41, 5.74) is 0.769. The van der Waals surface area contributed by atoms with E-state index in [0.29, 0.717) is 6.42 Å². The maximum Gasteiger partial charge on any atom is 0.224 e. The second kappa shape index (κ2) is 5.27. The lowest BCUT2D eigenvalue weighted by molar-refractivity contribution is -0.115. The molecule has 0 saturated heterocycles. The van der Waals surface area contributed by atoms with E-state index in [0.717, 1.165) is 11.4 Å². The molecule has 0 saturated carbocycles. The van der Waals surface area contributed by atoms with E-state index in [-0.39, 0.29) is 5.91 Å². The van der Waals surface area contributed by atoms with Crippen molar-refractivity contribution < 1.29 is 9.53 Å². The molecule has 0 aliphatic carbocycles. The quantitative estimate of drug-likeness (QED) is 0.791. The first kappa shape index (κ1) is 10.6. The molecule has 2 radical (unpaired) electrons. The van der Waals surface area contributed by atoms with Gasteiger partial charge in [0.25, 0.3) is 0 Å². The van der Waals surface area contributed by atoms with Crippen LogP contribution < -0.4 is 10.1 Å². The van der Waals surface area contributed by atoms with Gasteiger partial charge in [0.1, 0.15) is 5.75 Å². The van der Waals surface area contributed by atoms with Crippen molar-refractivity contribution in [3.8, 4) is 5.75 Å². The van der Waals surface area contributed by atoms with Crippen LogP contribution in [0.25, 0.3) is 0 Å². The molecular formula is C11H13NO2. The molecule has 1 amide bonds. The lowest BCUT2D eigenvalue weighted by atomic mass is 10.2. The molecule has 1 rings (SSSR count). The number of rotatable bonds is 4. The second-order valence-electron chi connectivity index (χ2n) is 2.81. The van der Waals surface area contributed by atoms with Crippen LogP contribution in [0.3, 0.4) is 0 Å². The van der Waals surface area contributed by atoms with E-state index in [4.69, 9.17) is 4.74 Å². The Labute approximate surface area is 84.1 Å². The van der Waals surface area contributed by atoms with Crippen LogP contribution in [0, 0.1) is 6.42 Å². The van der Waals surface area contributed by atoms with Gasteiger partial charge in [0.05, 0.1) is 7.11 Å². The van der Waals surface area contributed by atoms with Crippen molar-refractivity contribution in [3.05, 3.63) is 30.7 Å². The Morgan fingerprint density at radius 3 is 2.57 bits per heavy atom. The number of carbonyl (C=O) groups excluding carboxylic acids is 1. The van der Waals surface area contributed by atoms with Crippen LogP contribution in [-0.4, -0.2) is 13.0 Å². The first-order valence-electron chi connectivity index (χ1n) is 4.34. The minimum Gasteiger partial charge on any atom is -0.497 e. The highest BCUT2D eigenvalue weighted by atomic mass is 16.5. The van der Waals surface area contributed by atoms with E-state index < -0.39 is 0 Å². The fourth-order valence-electron chi connectivity index (χ4n) is 1.04. The number of hydrogen-bond acceptors (Lipinski definition) is 2. The van der Waals surface area contributed by atoms with Crippen LogP contribution in [0.15, 0.2) is 24.3 Å². The third-order valence-corrected chi connectivity index (χ3v) is 1.71. The average Bonchev–Trinajstić information content (AvgIpc) is 2.19. The number of anilines is 1. The number of hydrogen-bond donors (Lipinski definition) is 1. The van der Waals surface area contributed by atoms with Gasteiger partial charge in [0.15, 0.2) is 0 Å². The van der Waals surface area contributed by atoms with Crippen molar-refractivity contribution in [3.63, 3.8) is 0 Å². The molecule has 1 aromatic carbocycles. The van der Waals surface area contributed by atoms with Gasteiger partial charge in [0.2, 0.25) is 5.91 Å². The highest BCUT2D eigenvalue weighted by molar-refractivity contribution is 5.91. The summed E-state index contributed by atoms with van der Waals surface area (Å²) in [5, 5.41) is 2.74. The van der Waals surface area contributed by atoms with Gasteiger partial charge in [-0.15, -0.1) is 0 Å². The van der Waals surface area contributed by atoms with Crippen LogP contribution >= 0.6 is 0 Å². The minimum absolute atomic E-state index is 0.0577. The Morgan fingerprint density at radius 1 is 1.43 bits per heavy atom. The Balaban J connectivity index is 2.55. The zero-order valence-electron chi connectivity index (χ0n) is 8.33. The highest BCUT2D eigenvalue weighted by Gasteiger charge is 2.00. The molecule has 3 nitrogen and oxygen atoms in total. The molecule has 1 N–H and O–H groups in total. The standard InChI is InChI=1S/C11H13NO2/c1-3-4-11(13)12-9-5-7-10(14-2)8-6-9/h5-8H,4H2,1-2H3,(H,12,13). The lowest BCUT2D eigenvalue weighted by Crippen LogP contribution is -2.10. The van der Waals surface area contributed by atoms with Crippen molar-refractivity contribution in [2.24, 2.45) is 0 Å². The Morgan fingerprint density at radius 2 is 2.07 bits per heavy atom. The molecule has 0 atom stereocenters. The topological polar surface area (TPSA) is 38.3 Å². The van der Waals surface area contributed by atoms with Crippen LogP contribution in [0.2, 0.25) is 0 Å². The number of amides is 1. The van der Waals surface area contributed by atoms with Gasteiger partial charge in [-0.3, -0.25) is 4.79 Å². The smallest absolute Gasteiger partial charge is 0.224 e. The van der Waals surface area contributed by atoms with Gasteiger partial charge in [-0.1, -0.05) is 6.92 Å². The summed E-state index contributed by atoms with van der Waals surface area (Å²) in [6.45, 7) is 1.73. The third kappa shape index (κ3) is 3.09. The summed E-state index contributed by atoms with van der Waals surface area (Å²) in [6, 6.07) is 7.20. The second-order valence-corrected chi connectivity index (χ2v) is 2.81. The van der Waals surface area contributed by atoms with Gasteiger partial charge in [-0.25, -0.2) is 0 Å². The Hall–Kier alpha value is -1.51. The summed E-state index contributed by atoms with van der Waals surface area (Å²) >= 11 is 0. The summed E-state index contributed by atoms with van der Waals surface area (Å²) in [5.74, 6) is 0.717. The molecule has 0 aromatic heterocycles. The minimum atomic E-state index is -0.0577. The monoisotopic (exact) mass is 191 g/mol. The predicted molar refractivity (Wildman–Crippen MR) is 55.2 cm³/mol. The molecule has 14 heavy (non-hydrogen) atoms. The molecule has 0 fully saturated rings. The van der Waals surface area contributed by atoms with E-state index >= 15 is 0 Å². The van der Waals surface area contributed by atoms with Gasteiger partial charge in [-0.2, -0.15) is 0 Å². The fourth-order valence-corrected chi connectivity index (χ4v) is 1.04. The molecule has 74 valence electrons. The number of methoxy groups -OCH3 is 1. The molecule has 0 unspecified atom stereocenters. The Bertz CT molecular complexity index is 293. The molecule has 0 aliphatic rings. The van der Waals surface area contributed by atoms with Crippen molar-refractivity contribution >= 4 is 11.6 Å². The summed E-state index contributed by atoms with van der Waals surface area (Å²) in [4.78, 5) is 11.2. The zero-order chi connectivity index (χ0) is 10.4. The van der Waals surface area contributed by atoms with Crippen molar-refractivity contribution in [2.75, 3.05) is 12.4 Å². The number of carbonyl (C=O) groups is 1. The largest absolute Gasteiger partial charge is 0.497 e. The van der Waals surface area contributed by atoms with Crippen molar-refractivity contribution in [1.29, 1.82) is 0 Å². The summed E-state index contributed by atoms with van der Waals surface area (Å²) in [7, 11) is 1.61. The van der Waals surface area contributed by atoms with Crippen molar-refractivity contribution in [2.45, 2.75) is 13.3 Å². The molecule has 0 aliphatic heterocycles. The molecule has 1 aromatic rings. The normalized spacial score (nSPS) is 9.57. The van der Waals surface area contributed by atoms with E-state index in [9.17, 15) is 4.79 Å². The lowest BCUT2D eigenvalue weighted by Gasteiger charge is -2.04. The summed E-state index contributed by atoms with van der Waals surface area (Å²) in [6.07, 6.45) is 3.09. The summed E-state index contributed by atoms with van der Waals surface area (Å²) < 4.78 is 5.00. The molecule has 0 bridgehead atoms. The molecule has 0 spiro atoms. The highest BCUT2D eigenvalue weighted by Crippen LogP contribution is 2.15. The number of ether oxygens (including phenoxy) is 1. The zero-order valence-corrected chi connectivity index (χ0v) is 8.33. The van der Waals surface area contributed by atoms with Gasteiger partial charge in [0, 0.05) is 12.1 Å². The fraction of sp³-hybridized carbons (Fsp3) is 0.273. The molecule has 3 heteroatoms. The van der Waals surface area contributed by atoms with Crippen molar-refractivity contribution in [1.82, 2.24) is 0 Å². The maximum absolute atomic E-state index is 11.2. The third-order valence-electron chi connectivity index (χ3n) is 1.71.